The second-order valence-electron chi connectivity index (χ2n) is 9.54. The third-order valence-electron chi connectivity index (χ3n) is 6.06. The molecule has 1 fully saturated rings. The number of halogens is 4. The Balaban J connectivity index is 1.56. The molecular formula is C26H26F4N4O7S2. The van der Waals surface area contributed by atoms with Crippen LogP contribution in [0.5, 0.6) is 0 Å². The van der Waals surface area contributed by atoms with Crippen LogP contribution in [0, 0.1) is 5.82 Å². The number of ether oxygens (including phenoxy) is 2. The Morgan fingerprint density at radius 3 is 2.47 bits per heavy atom. The molecule has 11 nitrogen and oxygen atoms in total. The fourth-order valence-electron chi connectivity index (χ4n) is 3.85. The molecule has 0 saturated heterocycles. The minimum Gasteiger partial charge on any atom is -0.440 e. The minimum atomic E-state index is -4.68. The van der Waals surface area contributed by atoms with Crippen LogP contribution in [0.2, 0.25) is 0 Å². The van der Waals surface area contributed by atoms with E-state index < -0.39 is 63.9 Å². The van der Waals surface area contributed by atoms with Crippen LogP contribution in [0.4, 0.5) is 28.0 Å². The minimum absolute atomic E-state index is 0.0474. The number of carbonyl (C=O) groups excluding carboxylic acids is 3. The molecule has 1 aromatic heterocycles. The maximum Gasteiger partial charge on any atom is 0.422 e. The number of aromatic nitrogens is 1. The summed E-state index contributed by atoms with van der Waals surface area (Å²) < 4.78 is 87.4. The number of methoxy groups -OCH3 is 1. The highest BCUT2D eigenvalue weighted by molar-refractivity contribution is 7.92. The van der Waals surface area contributed by atoms with E-state index in [1.807, 2.05) is 0 Å². The van der Waals surface area contributed by atoms with Gasteiger partial charge >= 0.3 is 12.3 Å². The molecule has 2 aromatic carbocycles. The predicted molar refractivity (Wildman–Crippen MR) is 149 cm³/mol. The molecule has 0 spiro atoms. The van der Waals surface area contributed by atoms with Crippen LogP contribution < -0.4 is 16.0 Å². The Kier molecular flexibility index (Phi) is 9.86. The first-order valence-electron chi connectivity index (χ1n) is 12.7. The number of nitrogens with zero attached hydrogens (tertiary/aromatic N) is 1. The molecule has 232 valence electrons. The number of rotatable bonds is 12. The first kappa shape index (κ1) is 32.1. The third-order valence-corrected chi connectivity index (χ3v) is 9.19. The molecule has 43 heavy (non-hydrogen) atoms. The number of benzene rings is 2. The molecule has 1 saturated carbocycles. The van der Waals surface area contributed by atoms with Gasteiger partial charge in [0, 0.05) is 30.5 Å². The summed E-state index contributed by atoms with van der Waals surface area (Å²) in [6, 6.07) is 8.00. The Labute approximate surface area is 246 Å². The number of sulfone groups is 1. The van der Waals surface area contributed by atoms with Gasteiger partial charge in [0.25, 0.3) is 0 Å². The summed E-state index contributed by atoms with van der Waals surface area (Å²) in [5.74, 6) is -2.65. The van der Waals surface area contributed by atoms with Gasteiger partial charge in [-0.3, -0.25) is 14.9 Å². The van der Waals surface area contributed by atoms with Crippen molar-refractivity contribution in [1.29, 1.82) is 0 Å². The molecule has 3 aromatic rings. The first-order chi connectivity index (χ1) is 20.3. The Hall–Kier alpha value is -3.83. The van der Waals surface area contributed by atoms with Gasteiger partial charge < -0.3 is 20.1 Å². The molecule has 1 unspecified atom stereocenters. The number of carbonyl (C=O) groups is 3. The number of hydrogen-bond acceptors (Lipinski definition) is 9. The van der Waals surface area contributed by atoms with Crippen molar-refractivity contribution in [2.24, 2.45) is 0 Å². The summed E-state index contributed by atoms with van der Waals surface area (Å²) in [4.78, 5) is 40.9. The van der Waals surface area contributed by atoms with Crippen LogP contribution in [0.15, 0.2) is 36.4 Å². The molecule has 17 heteroatoms. The van der Waals surface area contributed by atoms with Crippen LogP contribution in [0.25, 0.3) is 21.3 Å². The number of nitrogens with one attached hydrogen (secondary N) is 3. The zero-order chi connectivity index (χ0) is 31.4. The topological polar surface area (TPSA) is 153 Å². The Bertz CT molecular complexity index is 1610. The smallest absolute Gasteiger partial charge is 0.422 e. The van der Waals surface area contributed by atoms with Crippen molar-refractivity contribution >= 4 is 55.0 Å². The number of fused-ring (bicyclic) bond motifs is 1. The van der Waals surface area contributed by atoms with E-state index in [-0.39, 0.29) is 34.4 Å². The summed E-state index contributed by atoms with van der Waals surface area (Å²) in [5.41, 5.74) is 0.595. The van der Waals surface area contributed by atoms with E-state index in [0.717, 1.165) is 30.2 Å². The van der Waals surface area contributed by atoms with E-state index in [0.29, 0.717) is 10.3 Å². The standard InChI is InChI=1S/C26H26F4N4O7S2/c1-40-8-9-43(38,39)22(23(36)31-12-21(35)32-15-6-7-15)24-34-19-11-18(27)17(10-20(19)42-24)14-2-4-16(5-3-14)33-25(37)41-13-26(28,29)30/h2-5,10-11,15,22H,6-9,12-13H2,1H3,(H,31,36)(H,32,35)(H,33,37). The van der Waals surface area contributed by atoms with Gasteiger partial charge in [-0.15, -0.1) is 11.3 Å². The summed E-state index contributed by atoms with van der Waals surface area (Å²) in [5, 5.41) is 5.27. The second kappa shape index (κ2) is 13.2. The summed E-state index contributed by atoms with van der Waals surface area (Å²) >= 11 is 0.861. The van der Waals surface area contributed by atoms with Crippen LogP contribution in [0.3, 0.4) is 0 Å². The largest absolute Gasteiger partial charge is 0.440 e. The van der Waals surface area contributed by atoms with Crippen LogP contribution in [-0.4, -0.2) is 76.1 Å². The Morgan fingerprint density at radius 2 is 1.84 bits per heavy atom. The van der Waals surface area contributed by atoms with Gasteiger partial charge in [-0.2, -0.15) is 13.2 Å². The zero-order valence-electron chi connectivity index (χ0n) is 22.5. The number of amides is 3. The van der Waals surface area contributed by atoms with Gasteiger partial charge in [0.15, 0.2) is 21.7 Å². The molecule has 1 aliphatic rings. The van der Waals surface area contributed by atoms with E-state index in [4.69, 9.17) is 4.74 Å². The molecule has 1 heterocycles. The fraction of sp³-hybridized carbons (Fsp3) is 0.385. The molecule has 0 aliphatic heterocycles. The van der Waals surface area contributed by atoms with Gasteiger partial charge in [0.1, 0.15) is 10.8 Å². The summed E-state index contributed by atoms with van der Waals surface area (Å²) in [6.45, 7) is -2.38. The van der Waals surface area contributed by atoms with E-state index in [2.05, 4.69) is 25.7 Å². The lowest BCUT2D eigenvalue weighted by Gasteiger charge is -2.15. The fourth-order valence-corrected chi connectivity index (χ4v) is 6.80. The highest BCUT2D eigenvalue weighted by Gasteiger charge is 2.37. The molecule has 4 rings (SSSR count). The molecule has 1 aliphatic carbocycles. The van der Waals surface area contributed by atoms with Gasteiger partial charge in [-0.1, -0.05) is 12.1 Å². The summed E-state index contributed by atoms with van der Waals surface area (Å²) in [7, 11) is -2.86. The molecule has 1 atom stereocenters. The van der Waals surface area contributed by atoms with Crippen molar-refractivity contribution in [3.63, 3.8) is 0 Å². The second-order valence-corrected chi connectivity index (χ2v) is 12.8. The number of anilines is 1. The van der Waals surface area contributed by atoms with Crippen LogP contribution >= 0.6 is 11.3 Å². The third kappa shape index (κ3) is 8.84. The van der Waals surface area contributed by atoms with Crippen molar-refractivity contribution in [2.45, 2.75) is 30.3 Å². The van der Waals surface area contributed by atoms with E-state index >= 15 is 4.39 Å². The van der Waals surface area contributed by atoms with Crippen molar-refractivity contribution < 1.29 is 49.8 Å². The van der Waals surface area contributed by atoms with Gasteiger partial charge in [0.05, 0.1) is 29.1 Å². The van der Waals surface area contributed by atoms with Crippen LogP contribution in [0.1, 0.15) is 23.1 Å². The van der Waals surface area contributed by atoms with Crippen molar-refractivity contribution in [3.05, 3.63) is 47.2 Å². The number of thiazole rings is 1. The van der Waals surface area contributed by atoms with Gasteiger partial charge in [-0.25, -0.2) is 22.6 Å². The molecular weight excluding hydrogens is 620 g/mol. The predicted octanol–water partition coefficient (Wildman–Crippen LogP) is 3.71. The quantitative estimate of drug-likeness (QED) is 0.252. The lowest BCUT2D eigenvalue weighted by molar-refractivity contribution is -0.159. The van der Waals surface area contributed by atoms with Gasteiger partial charge in [0.2, 0.25) is 11.8 Å². The van der Waals surface area contributed by atoms with Gasteiger partial charge in [-0.05, 0) is 36.6 Å². The van der Waals surface area contributed by atoms with Crippen molar-refractivity contribution in [3.8, 4) is 11.1 Å². The lowest BCUT2D eigenvalue weighted by atomic mass is 10.0. The normalized spacial score (nSPS) is 14.3. The van der Waals surface area contributed by atoms with E-state index in [1.165, 1.54) is 37.4 Å². The van der Waals surface area contributed by atoms with Crippen LogP contribution in [-0.2, 0) is 28.9 Å². The number of hydrogen-bond donors (Lipinski definition) is 3. The molecule has 0 radical (unpaired) electrons. The highest BCUT2D eigenvalue weighted by atomic mass is 32.2. The average Bonchev–Trinajstić information content (AvgIpc) is 3.66. The lowest BCUT2D eigenvalue weighted by Crippen LogP contribution is -2.41. The molecule has 3 N–H and O–H groups in total. The first-order valence-corrected chi connectivity index (χ1v) is 15.3. The monoisotopic (exact) mass is 646 g/mol. The summed E-state index contributed by atoms with van der Waals surface area (Å²) in [6.07, 6.45) is -4.34. The SMILES string of the molecule is COCCS(=O)(=O)C(C(=O)NCC(=O)NC1CC1)c1nc2cc(F)c(-c3ccc(NC(=O)OCC(F)(F)F)cc3)cc2s1. The van der Waals surface area contributed by atoms with Crippen molar-refractivity contribution in [1.82, 2.24) is 15.6 Å². The van der Waals surface area contributed by atoms with Crippen molar-refractivity contribution in [2.75, 3.05) is 37.9 Å². The average molecular weight is 647 g/mol. The van der Waals surface area contributed by atoms with E-state index in [9.17, 15) is 36.0 Å². The maximum absolute atomic E-state index is 15.1. The molecule has 3 amide bonds. The molecule has 0 bridgehead atoms. The maximum atomic E-state index is 15.1. The van der Waals surface area contributed by atoms with E-state index in [1.54, 1.807) is 0 Å². The zero-order valence-corrected chi connectivity index (χ0v) is 24.1. The number of alkyl halides is 3. The highest BCUT2D eigenvalue weighted by Crippen LogP contribution is 2.36. The Morgan fingerprint density at radius 1 is 1.14 bits per heavy atom.